The fourth-order valence-corrected chi connectivity index (χ4v) is 1.73. The van der Waals surface area contributed by atoms with Gasteiger partial charge in [0, 0.05) is 19.3 Å². The van der Waals surface area contributed by atoms with E-state index in [0.717, 1.165) is 12.8 Å². The van der Waals surface area contributed by atoms with Crippen LogP contribution in [0.4, 0.5) is 0 Å². The summed E-state index contributed by atoms with van der Waals surface area (Å²) in [5.74, 6) is 1.05. The Hall–Kier alpha value is -0.590. The van der Waals surface area contributed by atoms with Crippen LogP contribution in [-0.4, -0.2) is 40.4 Å². The molecule has 1 heterocycles. The lowest BCUT2D eigenvalue weighted by atomic mass is 10.3. The van der Waals surface area contributed by atoms with Crippen LogP contribution < -0.4 is 0 Å². The Morgan fingerprint density at radius 2 is 2.31 bits per heavy atom. The molecular weight excluding hydrogens is 228 g/mol. The zero-order valence-electron chi connectivity index (χ0n) is 9.68. The maximum Gasteiger partial charge on any atom is 0.276 e. The number of hydrogen-bond donors (Lipinski definition) is 1. The Labute approximate surface area is 99.6 Å². The standard InChI is InChI=1S/C10H18N2O3S/c1-3-4-5-14-6-9(13)7-16-10-12-11-8(2)15-10/h9,13H,3-7H2,1-2H3. The predicted octanol–water partition coefficient (Wildman–Crippen LogP) is 1.65. The zero-order chi connectivity index (χ0) is 11.8. The van der Waals surface area contributed by atoms with Gasteiger partial charge in [-0.1, -0.05) is 25.1 Å². The normalized spacial score (nSPS) is 12.9. The highest BCUT2D eigenvalue weighted by atomic mass is 32.2. The first-order valence-electron chi connectivity index (χ1n) is 5.41. The van der Waals surface area contributed by atoms with E-state index in [0.29, 0.717) is 30.1 Å². The van der Waals surface area contributed by atoms with Crippen LogP contribution in [0.25, 0.3) is 0 Å². The molecule has 0 spiro atoms. The molecule has 1 unspecified atom stereocenters. The summed E-state index contributed by atoms with van der Waals surface area (Å²) in [6.45, 7) is 4.91. The van der Waals surface area contributed by atoms with Crippen molar-refractivity contribution in [3.05, 3.63) is 5.89 Å². The van der Waals surface area contributed by atoms with Crippen LogP contribution in [0.2, 0.25) is 0 Å². The van der Waals surface area contributed by atoms with E-state index < -0.39 is 6.10 Å². The Morgan fingerprint density at radius 1 is 1.50 bits per heavy atom. The minimum absolute atomic E-state index is 0.361. The van der Waals surface area contributed by atoms with E-state index in [1.165, 1.54) is 11.8 Å². The molecule has 0 amide bonds. The van der Waals surface area contributed by atoms with Crippen molar-refractivity contribution in [3.63, 3.8) is 0 Å². The van der Waals surface area contributed by atoms with Crippen molar-refractivity contribution in [3.8, 4) is 0 Å². The maximum absolute atomic E-state index is 9.58. The Morgan fingerprint density at radius 3 is 2.94 bits per heavy atom. The van der Waals surface area contributed by atoms with Gasteiger partial charge in [-0.3, -0.25) is 0 Å². The fourth-order valence-electron chi connectivity index (χ4n) is 1.02. The van der Waals surface area contributed by atoms with Crippen molar-refractivity contribution >= 4 is 11.8 Å². The second kappa shape index (κ2) is 7.65. The summed E-state index contributed by atoms with van der Waals surface area (Å²) in [5, 5.41) is 17.6. The lowest BCUT2D eigenvalue weighted by Crippen LogP contribution is -2.18. The third-order valence-corrected chi connectivity index (χ3v) is 2.82. The molecule has 0 aliphatic heterocycles. The molecule has 0 saturated heterocycles. The molecule has 92 valence electrons. The van der Waals surface area contributed by atoms with E-state index in [1.807, 2.05) is 0 Å². The highest BCUT2D eigenvalue weighted by Gasteiger charge is 2.08. The van der Waals surface area contributed by atoms with Gasteiger partial charge in [0.15, 0.2) is 0 Å². The van der Waals surface area contributed by atoms with Gasteiger partial charge in [0.25, 0.3) is 5.22 Å². The van der Waals surface area contributed by atoms with Crippen molar-refractivity contribution in [2.45, 2.75) is 38.0 Å². The maximum atomic E-state index is 9.58. The third kappa shape index (κ3) is 5.48. The van der Waals surface area contributed by atoms with E-state index in [4.69, 9.17) is 9.15 Å². The van der Waals surface area contributed by atoms with Crippen LogP contribution in [0.5, 0.6) is 0 Å². The lowest BCUT2D eigenvalue weighted by Gasteiger charge is -2.09. The van der Waals surface area contributed by atoms with Crippen molar-refractivity contribution in [2.24, 2.45) is 0 Å². The molecule has 1 N–H and O–H groups in total. The zero-order valence-corrected chi connectivity index (χ0v) is 10.5. The van der Waals surface area contributed by atoms with Gasteiger partial charge in [0.2, 0.25) is 5.89 Å². The van der Waals surface area contributed by atoms with Gasteiger partial charge in [-0.15, -0.1) is 10.2 Å². The molecule has 0 aliphatic carbocycles. The topological polar surface area (TPSA) is 68.4 Å². The van der Waals surface area contributed by atoms with E-state index in [-0.39, 0.29) is 0 Å². The summed E-state index contributed by atoms with van der Waals surface area (Å²) < 4.78 is 10.5. The first kappa shape index (κ1) is 13.5. The molecule has 0 radical (unpaired) electrons. The van der Waals surface area contributed by atoms with Crippen molar-refractivity contribution in [1.82, 2.24) is 10.2 Å². The molecule has 0 saturated carbocycles. The number of unbranched alkanes of at least 4 members (excludes halogenated alkanes) is 1. The van der Waals surface area contributed by atoms with Gasteiger partial charge in [-0.25, -0.2) is 0 Å². The SMILES string of the molecule is CCCCOCC(O)CSc1nnc(C)o1. The lowest BCUT2D eigenvalue weighted by molar-refractivity contribution is 0.0472. The van der Waals surface area contributed by atoms with Crippen LogP contribution in [0.1, 0.15) is 25.7 Å². The molecular formula is C10H18N2O3S. The number of ether oxygens (including phenoxy) is 1. The second-order valence-corrected chi connectivity index (χ2v) is 4.45. The van der Waals surface area contributed by atoms with Crippen LogP contribution in [0, 0.1) is 6.92 Å². The molecule has 0 aromatic carbocycles. The van der Waals surface area contributed by atoms with E-state index in [9.17, 15) is 5.11 Å². The first-order valence-corrected chi connectivity index (χ1v) is 6.39. The summed E-state index contributed by atoms with van der Waals surface area (Å²) in [6, 6.07) is 0. The minimum Gasteiger partial charge on any atom is -0.416 e. The molecule has 1 aromatic rings. The van der Waals surface area contributed by atoms with Crippen molar-refractivity contribution < 1.29 is 14.3 Å². The number of aliphatic hydroxyl groups is 1. The van der Waals surface area contributed by atoms with Gasteiger partial charge in [-0.2, -0.15) is 0 Å². The molecule has 0 fully saturated rings. The molecule has 16 heavy (non-hydrogen) atoms. The van der Waals surface area contributed by atoms with Crippen LogP contribution in [0.3, 0.4) is 0 Å². The van der Waals surface area contributed by atoms with Gasteiger partial charge in [0.1, 0.15) is 0 Å². The summed E-state index contributed by atoms with van der Waals surface area (Å²) in [7, 11) is 0. The average Bonchev–Trinajstić information content (AvgIpc) is 2.68. The van der Waals surface area contributed by atoms with Gasteiger partial charge < -0.3 is 14.3 Å². The molecule has 1 rings (SSSR count). The number of hydrogen-bond acceptors (Lipinski definition) is 6. The smallest absolute Gasteiger partial charge is 0.276 e. The van der Waals surface area contributed by atoms with Crippen molar-refractivity contribution in [2.75, 3.05) is 19.0 Å². The molecule has 1 atom stereocenters. The van der Waals surface area contributed by atoms with Crippen molar-refractivity contribution in [1.29, 1.82) is 0 Å². The van der Waals surface area contributed by atoms with Crippen LogP contribution >= 0.6 is 11.8 Å². The highest BCUT2D eigenvalue weighted by Crippen LogP contribution is 2.16. The first-order chi connectivity index (χ1) is 7.72. The predicted molar refractivity (Wildman–Crippen MR) is 61.5 cm³/mol. The van der Waals surface area contributed by atoms with E-state index in [1.54, 1.807) is 6.92 Å². The van der Waals surface area contributed by atoms with Crippen LogP contribution in [0.15, 0.2) is 9.64 Å². The molecule has 0 aliphatic rings. The minimum atomic E-state index is -0.492. The Kier molecular flexibility index (Phi) is 6.44. The van der Waals surface area contributed by atoms with E-state index >= 15 is 0 Å². The number of aryl methyl sites for hydroxylation is 1. The Balaban J connectivity index is 2.08. The number of aromatic nitrogens is 2. The van der Waals surface area contributed by atoms with E-state index in [2.05, 4.69) is 17.1 Å². The number of rotatable bonds is 8. The van der Waals surface area contributed by atoms with Gasteiger partial charge >= 0.3 is 0 Å². The molecule has 5 nitrogen and oxygen atoms in total. The summed E-state index contributed by atoms with van der Waals surface area (Å²) in [4.78, 5) is 0. The average molecular weight is 246 g/mol. The monoisotopic (exact) mass is 246 g/mol. The fraction of sp³-hybridized carbons (Fsp3) is 0.800. The molecule has 1 aromatic heterocycles. The summed E-state index contributed by atoms with van der Waals surface area (Å²) in [5.41, 5.74) is 0. The largest absolute Gasteiger partial charge is 0.416 e. The quantitative estimate of drug-likeness (QED) is 0.555. The number of nitrogens with zero attached hydrogens (tertiary/aromatic N) is 2. The number of aliphatic hydroxyl groups excluding tert-OH is 1. The molecule has 0 bridgehead atoms. The molecule has 6 heteroatoms. The third-order valence-electron chi connectivity index (χ3n) is 1.86. The van der Waals surface area contributed by atoms with Crippen LogP contribution in [-0.2, 0) is 4.74 Å². The van der Waals surface area contributed by atoms with Gasteiger partial charge in [-0.05, 0) is 6.42 Å². The van der Waals surface area contributed by atoms with Gasteiger partial charge in [0.05, 0.1) is 12.7 Å². The number of thioether (sulfide) groups is 1. The Bertz CT molecular complexity index is 293. The summed E-state index contributed by atoms with van der Waals surface area (Å²) >= 11 is 1.34. The second-order valence-electron chi connectivity index (χ2n) is 3.48. The summed E-state index contributed by atoms with van der Waals surface area (Å²) in [6.07, 6.45) is 1.64. The highest BCUT2D eigenvalue weighted by molar-refractivity contribution is 7.99.